The average Bonchev–Trinajstić information content (AvgIpc) is 2.21. The molecular formula is C11H14N2O. The molecule has 1 unspecified atom stereocenters. The Morgan fingerprint density at radius 3 is 2.57 bits per heavy atom. The number of hydrogen-bond acceptors (Lipinski definition) is 3. The molecule has 1 atom stereocenters. The van der Waals surface area contributed by atoms with Crippen LogP contribution in [0.3, 0.4) is 0 Å². The van der Waals surface area contributed by atoms with Crippen molar-refractivity contribution in [3.8, 4) is 11.8 Å². The van der Waals surface area contributed by atoms with Crippen LogP contribution < -0.4 is 10.5 Å². The van der Waals surface area contributed by atoms with Crippen LogP contribution in [0.2, 0.25) is 0 Å². The summed E-state index contributed by atoms with van der Waals surface area (Å²) in [5.41, 5.74) is 6.57. The third kappa shape index (κ3) is 3.08. The van der Waals surface area contributed by atoms with Crippen molar-refractivity contribution in [2.24, 2.45) is 5.73 Å². The molecular weight excluding hydrogens is 176 g/mol. The van der Waals surface area contributed by atoms with Gasteiger partial charge in [-0.3, -0.25) is 0 Å². The highest BCUT2D eigenvalue weighted by Crippen LogP contribution is 2.12. The van der Waals surface area contributed by atoms with Crippen molar-refractivity contribution in [1.82, 2.24) is 0 Å². The van der Waals surface area contributed by atoms with Gasteiger partial charge in [-0.2, -0.15) is 5.26 Å². The third-order valence-electron chi connectivity index (χ3n) is 1.86. The molecule has 2 N–H and O–H groups in total. The second-order valence-electron chi connectivity index (χ2n) is 3.02. The maximum absolute atomic E-state index is 8.54. The Balaban J connectivity index is 2.60. The van der Waals surface area contributed by atoms with Gasteiger partial charge in [-0.05, 0) is 24.6 Å². The van der Waals surface area contributed by atoms with Crippen LogP contribution in [0.25, 0.3) is 0 Å². The number of nitrogens with zero attached hydrogens (tertiary/aromatic N) is 1. The van der Waals surface area contributed by atoms with E-state index in [1.165, 1.54) is 0 Å². The van der Waals surface area contributed by atoms with Crippen molar-refractivity contribution in [2.75, 3.05) is 6.61 Å². The lowest BCUT2D eigenvalue weighted by Crippen LogP contribution is -2.19. The normalized spacial score (nSPS) is 11.8. The predicted molar refractivity (Wildman–Crippen MR) is 54.9 cm³/mol. The molecule has 3 heteroatoms. The first-order valence-electron chi connectivity index (χ1n) is 4.63. The van der Waals surface area contributed by atoms with Crippen LogP contribution in [0.5, 0.6) is 5.75 Å². The summed E-state index contributed by atoms with van der Waals surface area (Å²) in [6.07, 6.45) is 0.586. The van der Waals surface area contributed by atoms with Crippen LogP contribution in [0, 0.1) is 11.3 Å². The number of rotatable bonds is 4. The van der Waals surface area contributed by atoms with Crippen molar-refractivity contribution in [3.05, 3.63) is 29.8 Å². The van der Waals surface area contributed by atoms with Gasteiger partial charge in [-0.1, -0.05) is 12.1 Å². The highest BCUT2D eigenvalue weighted by molar-refractivity contribution is 5.28. The molecule has 0 aliphatic carbocycles. The van der Waals surface area contributed by atoms with E-state index in [9.17, 15) is 0 Å². The second kappa shape index (κ2) is 5.25. The van der Waals surface area contributed by atoms with Gasteiger partial charge in [0.2, 0.25) is 0 Å². The monoisotopic (exact) mass is 190 g/mol. The summed E-state index contributed by atoms with van der Waals surface area (Å²) >= 11 is 0. The molecule has 1 rings (SSSR count). The quantitative estimate of drug-likeness (QED) is 0.782. The summed E-state index contributed by atoms with van der Waals surface area (Å²) in [5, 5.41) is 8.54. The first-order valence-corrected chi connectivity index (χ1v) is 4.63. The molecule has 0 bridgehead atoms. The zero-order valence-corrected chi connectivity index (χ0v) is 8.23. The largest absolute Gasteiger partial charge is 0.494 e. The molecule has 0 saturated heterocycles. The average molecular weight is 190 g/mol. The van der Waals surface area contributed by atoms with Crippen molar-refractivity contribution in [2.45, 2.75) is 19.4 Å². The highest BCUT2D eigenvalue weighted by Gasteiger charge is 2.01. The summed E-state index contributed by atoms with van der Waals surface area (Å²) in [5.74, 6) is 0.849. The van der Waals surface area contributed by atoms with E-state index in [4.69, 9.17) is 15.7 Å². The van der Waals surface area contributed by atoms with Crippen LogP contribution in [-0.4, -0.2) is 12.6 Å². The van der Waals surface area contributed by atoms with E-state index < -0.39 is 6.04 Å². The SMILES string of the molecule is CCOc1ccc(CC(N)C#N)cc1. The van der Waals surface area contributed by atoms with Gasteiger partial charge in [-0.25, -0.2) is 0 Å². The molecule has 0 amide bonds. The van der Waals surface area contributed by atoms with E-state index in [0.29, 0.717) is 13.0 Å². The van der Waals surface area contributed by atoms with E-state index in [1.54, 1.807) is 0 Å². The van der Waals surface area contributed by atoms with Crippen LogP contribution in [0.4, 0.5) is 0 Å². The molecule has 0 aliphatic rings. The second-order valence-corrected chi connectivity index (χ2v) is 3.02. The molecule has 0 aromatic heterocycles. The lowest BCUT2D eigenvalue weighted by molar-refractivity contribution is 0.340. The number of nitrogens with two attached hydrogens (primary N) is 1. The fourth-order valence-electron chi connectivity index (χ4n) is 1.19. The zero-order valence-electron chi connectivity index (χ0n) is 8.23. The molecule has 1 aromatic carbocycles. The maximum Gasteiger partial charge on any atom is 0.119 e. The molecule has 74 valence electrons. The Labute approximate surface area is 84.1 Å². The van der Waals surface area contributed by atoms with Gasteiger partial charge in [0.15, 0.2) is 0 Å². The summed E-state index contributed by atoms with van der Waals surface area (Å²) < 4.78 is 5.30. The molecule has 14 heavy (non-hydrogen) atoms. The molecule has 0 aliphatic heterocycles. The number of nitriles is 1. The lowest BCUT2D eigenvalue weighted by atomic mass is 10.1. The topological polar surface area (TPSA) is 59.0 Å². The summed E-state index contributed by atoms with van der Waals surface area (Å²) in [6.45, 7) is 2.61. The highest BCUT2D eigenvalue weighted by atomic mass is 16.5. The van der Waals surface area contributed by atoms with Gasteiger partial charge < -0.3 is 10.5 Å². The molecule has 0 saturated carbocycles. The predicted octanol–water partition coefficient (Wildman–Crippen LogP) is 1.48. The van der Waals surface area contributed by atoms with E-state index >= 15 is 0 Å². The molecule has 3 nitrogen and oxygen atoms in total. The lowest BCUT2D eigenvalue weighted by Gasteiger charge is -2.05. The van der Waals surface area contributed by atoms with E-state index in [1.807, 2.05) is 37.3 Å². The Morgan fingerprint density at radius 1 is 1.43 bits per heavy atom. The molecule has 0 spiro atoms. The van der Waals surface area contributed by atoms with Gasteiger partial charge in [0.1, 0.15) is 5.75 Å². The van der Waals surface area contributed by atoms with Crippen LogP contribution in [0.1, 0.15) is 12.5 Å². The number of benzene rings is 1. The van der Waals surface area contributed by atoms with Gasteiger partial charge >= 0.3 is 0 Å². The fraction of sp³-hybridized carbons (Fsp3) is 0.364. The zero-order chi connectivity index (χ0) is 10.4. The fourth-order valence-corrected chi connectivity index (χ4v) is 1.19. The Kier molecular flexibility index (Phi) is 3.96. The number of hydrogen-bond donors (Lipinski definition) is 1. The van der Waals surface area contributed by atoms with Crippen LogP contribution >= 0.6 is 0 Å². The Hall–Kier alpha value is -1.53. The summed E-state index contributed by atoms with van der Waals surface area (Å²) in [6, 6.07) is 9.23. The van der Waals surface area contributed by atoms with Gasteiger partial charge in [0.25, 0.3) is 0 Å². The van der Waals surface area contributed by atoms with Gasteiger partial charge in [0.05, 0.1) is 18.7 Å². The summed E-state index contributed by atoms with van der Waals surface area (Å²) in [7, 11) is 0. The first kappa shape index (κ1) is 10.6. The molecule has 1 aromatic rings. The van der Waals surface area contributed by atoms with E-state index in [2.05, 4.69) is 0 Å². The minimum atomic E-state index is -0.423. The maximum atomic E-state index is 8.54. The Morgan fingerprint density at radius 2 is 2.07 bits per heavy atom. The van der Waals surface area contributed by atoms with Gasteiger partial charge in [0, 0.05) is 6.42 Å². The van der Waals surface area contributed by atoms with Crippen LogP contribution in [-0.2, 0) is 6.42 Å². The number of ether oxygens (including phenoxy) is 1. The molecule has 0 fully saturated rings. The molecule has 0 radical (unpaired) electrons. The van der Waals surface area contributed by atoms with Crippen molar-refractivity contribution < 1.29 is 4.74 Å². The standard InChI is InChI=1S/C11H14N2O/c1-2-14-11-5-3-9(4-6-11)7-10(13)8-12/h3-6,10H,2,7,13H2,1H3. The first-order chi connectivity index (χ1) is 6.76. The Bertz CT molecular complexity index is 313. The van der Waals surface area contributed by atoms with Crippen molar-refractivity contribution in [1.29, 1.82) is 5.26 Å². The minimum Gasteiger partial charge on any atom is -0.494 e. The van der Waals surface area contributed by atoms with Crippen molar-refractivity contribution in [3.63, 3.8) is 0 Å². The summed E-state index contributed by atoms with van der Waals surface area (Å²) in [4.78, 5) is 0. The van der Waals surface area contributed by atoms with Crippen LogP contribution in [0.15, 0.2) is 24.3 Å². The third-order valence-corrected chi connectivity index (χ3v) is 1.86. The van der Waals surface area contributed by atoms with E-state index in [0.717, 1.165) is 11.3 Å². The van der Waals surface area contributed by atoms with Crippen molar-refractivity contribution >= 4 is 0 Å². The van der Waals surface area contributed by atoms with E-state index in [-0.39, 0.29) is 0 Å². The molecule has 0 heterocycles. The smallest absolute Gasteiger partial charge is 0.119 e. The van der Waals surface area contributed by atoms with Gasteiger partial charge in [-0.15, -0.1) is 0 Å². The minimum absolute atomic E-state index is 0.423.